The molecule has 26 heavy (non-hydrogen) atoms. The average Bonchev–Trinajstić information content (AvgIpc) is 3.06. The fraction of sp³-hybridized carbons (Fsp3) is 0.684. The Hall–Kier alpha value is -2.18. The van der Waals surface area contributed by atoms with Crippen LogP contribution < -0.4 is 0 Å². The number of carbonyl (C=O) groups excluding carboxylic acids is 4. The summed E-state index contributed by atoms with van der Waals surface area (Å²) in [6.07, 6.45) is 5.07. The highest BCUT2D eigenvalue weighted by molar-refractivity contribution is 6.04. The minimum absolute atomic E-state index is 0.564. The molecular formula is C19H20O7. The van der Waals surface area contributed by atoms with E-state index in [2.05, 4.69) is 0 Å². The number of carbonyl (C=O) groups is 4. The number of allylic oxidation sites excluding steroid dienone is 2. The summed E-state index contributed by atoms with van der Waals surface area (Å²) in [5.74, 6) is -5.35. The molecule has 0 amide bonds. The lowest BCUT2D eigenvalue weighted by Crippen LogP contribution is -2.61. The maximum atomic E-state index is 12.7. The Labute approximate surface area is 150 Å². The van der Waals surface area contributed by atoms with Gasteiger partial charge in [0, 0.05) is 11.3 Å². The van der Waals surface area contributed by atoms with Crippen molar-refractivity contribution >= 4 is 23.9 Å². The van der Waals surface area contributed by atoms with Gasteiger partial charge >= 0.3 is 23.9 Å². The van der Waals surface area contributed by atoms with Crippen LogP contribution in [-0.4, -0.2) is 31.0 Å². The van der Waals surface area contributed by atoms with Gasteiger partial charge in [0.05, 0.1) is 30.8 Å². The molecule has 6 aliphatic rings. The van der Waals surface area contributed by atoms with Gasteiger partial charge in [-0.25, -0.2) is 0 Å². The van der Waals surface area contributed by atoms with Crippen molar-refractivity contribution in [3.8, 4) is 0 Å². The lowest BCUT2D eigenvalue weighted by atomic mass is 9.42. The molecule has 0 aromatic rings. The van der Waals surface area contributed by atoms with Gasteiger partial charge < -0.3 is 14.2 Å². The van der Waals surface area contributed by atoms with Crippen molar-refractivity contribution in [1.82, 2.24) is 0 Å². The standard InChI is InChI=1S/C19H20O7/c1-24-14-8-6-4-2-3-5-7-19(8)12-10(15(20)25-17(12)22)9(14)11-13(19)18(23)26-16(11)21/h9-13H,2-7H2,1H3/t9?,10-,11+,12+,13-,19?. The van der Waals surface area contributed by atoms with E-state index in [4.69, 9.17) is 14.2 Å². The second-order valence-electron chi connectivity index (χ2n) is 8.01. The van der Waals surface area contributed by atoms with E-state index in [0.717, 1.165) is 31.3 Å². The summed E-state index contributed by atoms with van der Waals surface area (Å²) in [7, 11) is 1.53. The number of esters is 4. The van der Waals surface area contributed by atoms with Crippen molar-refractivity contribution in [1.29, 1.82) is 0 Å². The summed E-state index contributed by atoms with van der Waals surface area (Å²) in [6, 6.07) is 0. The second kappa shape index (κ2) is 5.18. The van der Waals surface area contributed by atoms with Gasteiger partial charge in [0.25, 0.3) is 0 Å². The van der Waals surface area contributed by atoms with Gasteiger partial charge in [-0.3, -0.25) is 19.2 Å². The van der Waals surface area contributed by atoms with Gasteiger partial charge in [-0.05, 0) is 24.8 Å². The van der Waals surface area contributed by atoms with Gasteiger partial charge in [-0.15, -0.1) is 0 Å². The zero-order valence-corrected chi connectivity index (χ0v) is 14.5. The predicted octanol–water partition coefficient (Wildman–Crippen LogP) is 1.50. The maximum absolute atomic E-state index is 12.7. The fourth-order valence-electron chi connectivity index (χ4n) is 6.49. The minimum atomic E-state index is -0.900. The highest BCUT2D eigenvalue weighted by Gasteiger charge is 2.77. The number of hydrogen-bond donors (Lipinski definition) is 0. The number of cyclic esters (lactones) is 4. The highest BCUT2D eigenvalue weighted by atomic mass is 16.6. The zero-order chi connectivity index (χ0) is 18.2. The van der Waals surface area contributed by atoms with Crippen LogP contribution in [0.4, 0.5) is 0 Å². The number of rotatable bonds is 1. The Balaban J connectivity index is 1.82. The van der Waals surface area contributed by atoms with E-state index in [0.29, 0.717) is 18.6 Å². The third-order valence-electron chi connectivity index (χ3n) is 7.21. The van der Waals surface area contributed by atoms with E-state index < -0.39 is 58.9 Å². The fourth-order valence-corrected chi connectivity index (χ4v) is 6.49. The second-order valence-corrected chi connectivity index (χ2v) is 8.01. The summed E-state index contributed by atoms with van der Waals surface area (Å²) in [6.45, 7) is 0. The molecule has 4 fully saturated rings. The smallest absolute Gasteiger partial charge is 0.318 e. The third kappa shape index (κ3) is 1.65. The summed E-state index contributed by atoms with van der Waals surface area (Å²) >= 11 is 0. The maximum Gasteiger partial charge on any atom is 0.318 e. The van der Waals surface area contributed by atoms with Crippen LogP contribution in [0.25, 0.3) is 0 Å². The van der Waals surface area contributed by atoms with Crippen LogP contribution in [-0.2, 0) is 33.4 Å². The summed E-state index contributed by atoms with van der Waals surface area (Å²) in [4.78, 5) is 50.4. The van der Waals surface area contributed by atoms with Gasteiger partial charge in [-0.1, -0.05) is 19.3 Å². The molecule has 2 saturated heterocycles. The molecule has 2 heterocycles. The van der Waals surface area contributed by atoms with Crippen LogP contribution in [0.1, 0.15) is 38.5 Å². The molecule has 7 nitrogen and oxygen atoms in total. The first-order chi connectivity index (χ1) is 12.5. The van der Waals surface area contributed by atoms with Crippen molar-refractivity contribution < 1.29 is 33.4 Å². The van der Waals surface area contributed by atoms with Crippen LogP contribution >= 0.6 is 0 Å². The van der Waals surface area contributed by atoms with Crippen LogP contribution in [0.5, 0.6) is 0 Å². The van der Waals surface area contributed by atoms with E-state index in [1.807, 2.05) is 0 Å². The average molecular weight is 360 g/mol. The molecule has 0 aromatic heterocycles. The molecule has 1 spiro atoms. The Bertz CT molecular complexity index is 737. The summed E-state index contributed by atoms with van der Waals surface area (Å²) < 4.78 is 15.7. The highest BCUT2D eigenvalue weighted by Crippen LogP contribution is 2.70. The lowest BCUT2D eigenvalue weighted by Gasteiger charge is -2.57. The molecule has 6 rings (SSSR count). The molecular weight excluding hydrogens is 340 g/mol. The number of hydrogen-bond acceptors (Lipinski definition) is 7. The molecule has 2 unspecified atom stereocenters. The Kier molecular flexibility index (Phi) is 3.19. The van der Waals surface area contributed by atoms with Gasteiger partial charge in [0.15, 0.2) is 0 Å². The SMILES string of the molecule is COC1=C2CCCCCCC23[C@@H]2C(=O)OC(=O)[C@@H]2C1[C@@H]1C(=O)OC(=O)[C@@H]13. The van der Waals surface area contributed by atoms with Gasteiger partial charge in [0.1, 0.15) is 5.76 Å². The first kappa shape index (κ1) is 16.0. The minimum Gasteiger partial charge on any atom is -0.501 e. The van der Waals surface area contributed by atoms with Crippen LogP contribution in [0.15, 0.2) is 11.3 Å². The van der Waals surface area contributed by atoms with Crippen molar-refractivity contribution in [2.45, 2.75) is 38.5 Å². The van der Waals surface area contributed by atoms with Crippen LogP contribution in [0.3, 0.4) is 0 Å². The summed E-state index contributed by atoms with van der Waals surface area (Å²) in [5.41, 5.74) is 0.0352. The molecule has 2 aliphatic heterocycles. The molecule has 7 heteroatoms. The molecule has 138 valence electrons. The van der Waals surface area contributed by atoms with Crippen LogP contribution in [0.2, 0.25) is 0 Å². The Morgan fingerprint density at radius 3 is 1.96 bits per heavy atom. The quantitative estimate of drug-likeness (QED) is 0.516. The van der Waals surface area contributed by atoms with Gasteiger partial charge in [-0.2, -0.15) is 0 Å². The first-order valence-electron chi connectivity index (χ1n) is 9.31. The van der Waals surface area contributed by atoms with Crippen molar-refractivity contribution in [2.75, 3.05) is 7.11 Å². The lowest BCUT2D eigenvalue weighted by molar-refractivity contribution is -0.157. The first-order valence-corrected chi connectivity index (χ1v) is 9.31. The van der Waals surface area contributed by atoms with Crippen LogP contribution in [0, 0.1) is 35.0 Å². The molecule has 6 atom stereocenters. The number of ether oxygens (including phenoxy) is 3. The van der Waals surface area contributed by atoms with E-state index in [1.165, 1.54) is 7.11 Å². The number of methoxy groups -OCH3 is 1. The van der Waals surface area contributed by atoms with E-state index >= 15 is 0 Å². The Morgan fingerprint density at radius 1 is 0.808 bits per heavy atom. The normalized spacial score (nSPS) is 44.0. The molecule has 0 N–H and O–H groups in total. The topological polar surface area (TPSA) is 96.0 Å². The largest absolute Gasteiger partial charge is 0.501 e. The Morgan fingerprint density at radius 2 is 1.38 bits per heavy atom. The van der Waals surface area contributed by atoms with E-state index in [1.54, 1.807) is 0 Å². The predicted molar refractivity (Wildman–Crippen MR) is 83.8 cm³/mol. The molecule has 2 bridgehead atoms. The molecule has 2 saturated carbocycles. The van der Waals surface area contributed by atoms with Gasteiger partial charge in [0.2, 0.25) is 0 Å². The van der Waals surface area contributed by atoms with E-state index in [9.17, 15) is 19.2 Å². The van der Waals surface area contributed by atoms with Crippen molar-refractivity contribution in [2.24, 2.45) is 35.0 Å². The third-order valence-corrected chi connectivity index (χ3v) is 7.21. The zero-order valence-electron chi connectivity index (χ0n) is 14.5. The summed E-state index contributed by atoms with van der Waals surface area (Å²) in [5, 5.41) is 0. The van der Waals surface area contributed by atoms with Crippen molar-refractivity contribution in [3.63, 3.8) is 0 Å². The molecule has 0 radical (unpaired) electrons. The van der Waals surface area contributed by atoms with Crippen molar-refractivity contribution in [3.05, 3.63) is 11.3 Å². The molecule has 0 aromatic carbocycles. The molecule has 4 aliphatic carbocycles. The monoisotopic (exact) mass is 360 g/mol. The van der Waals surface area contributed by atoms with E-state index in [-0.39, 0.29) is 0 Å².